The van der Waals surface area contributed by atoms with E-state index in [2.05, 4.69) is 9.97 Å². The zero-order valence-electron chi connectivity index (χ0n) is 13.9. The molecule has 0 radical (unpaired) electrons. The predicted octanol–water partition coefficient (Wildman–Crippen LogP) is 4.21. The van der Waals surface area contributed by atoms with Crippen molar-refractivity contribution in [1.29, 1.82) is 0 Å². The van der Waals surface area contributed by atoms with Crippen LogP contribution in [0.2, 0.25) is 5.15 Å². The molecule has 27 heavy (non-hydrogen) atoms. The van der Waals surface area contributed by atoms with E-state index in [1.165, 1.54) is 18.3 Å². The lowest BCUT2D eigenvalue weighted by Crippen LogP contribution is -2.41. The molecule has 136 valence electrons. The summed E-state index contributed by atoms with van der Waals surface area (Å²) in [5.41, 5.74) is 3.33. The molecule has 0 aliphatic carbocycles. The number of H-pyrrole nitrogens is 1. The summed E-state index contributed by atoms with van der Waals surface area (Å²) in [6.07, 6.45) is 0.600. The lowest BCUT2D eigenvalue weighted by molar-refractivity contribution is 0.0727. The van der Waals surface area contributed by atoms with E-state index >= 15 is 0 Å². The second kappa shape index (κ2) is 6.51. The molecule has 4 rings (SSSR count). The number of aromatic nitrogens is 2. The van der Waals surface area contributed by atoms with Gasteiger partial charge < -0.3 is 10.1 Å². The van der Waals surface area contributed by atoms with E-state index in [1.807, 2.05) is 0 Å². The average molecular weight is 386 g/mol. The Bertz CT molecular complexity index is 1060. The molecule has 3 aromatic rings. The van der Waals surface area contributed by atoms with Gasteiger partial charge in [0.25, 0.3) is 5.91 Å². The van der Waals surface area contributed by atoms with Crippen LogP contribution in [0.25, 0.3) is 22.4 Å². The normalized spacial score (nSPS) is 13.6. The lowest BCUT2D eigenvalue weighted by atomic mass is 9.94. The summed E-state index contributed by atoms with van der Waals surface area (Å²) in [4.78, 5) is 32.2. The molecule has 3 heterocycles. The zero-order valence-corrected chi connectivity index (χ0v) is 14.6. The molecule has 0 spiro atoms. The molecule has 0 unspecified atom stereocenters. The summed E-state index contributed by atoms with van der Waals surface area (Å²) in [7, 11) is 0. The van der Waals surface area contributed by atoms with Gasteiger partial charge in [-0.05, 0) is 29.8 Å². The summed E-state index contributed by atoms with van der Waals surface area (Å²) >= 11 is 6.01. The van der Waals surface area contributed by atoms with Gasteiger partial charge in [0.2, 0.25) is 0 Å². The molecule has 2 aromatic heterocycles. The van der Waals surface area contributed by atoms with Gasteiger partial charge in [0, 0.05) is 36.0 Å². The van der Waals surface area contributed by atoms with E-state index in [-0.39, 0.29) is 17.3 Å². The van der Waals surface area contributed by atoms with E-state index in [9.17, 15) is 19.1 Å². The van der Waals surface area contributed by atoms with Gasteiger partial charge in [0.1, 0.15) is 11.0 Å². The maximum atomic E-state index is 13.4. The maximum Gasteiger partial charge on any atom is 0.414 e. The minimum absolute atomic E-state index is 0.0705. The first-order valence-corrected chi connectivity index (χ1v) is 8.51. The first kappa shape index (κ1) is 17.2. The third-order valence-corrected chi connectivity index (χ3v) is 4.71. The number of carboxylic acid groups (broad SMARTS) is 1. The fourth-order valence-electron chi connectivity index (χ4n) is 3.30. The van der Waals surface area contributed by atoms with Gasteiger partial charge in [-0.2, -0.15) is 0 Å². The Morgan fingerprint density at radius 2 is 1.93 bits per heavy atom. The van der Waals surface area contributed by atoms with Crippen molar-refractivity contribution in [2.75, 3.05) is 6.54 Å². The van der Waals surface area contributed by atoms with Crippen molar-refractivity contribution in [2.45, 2.75) is 6.42 Å². The molecular weight excluding hydrogens is 373 g/mol. The van der Waals surface area contributed by atoms with Crippen LogP contribution >= 0.6 is 11.6 Å². The number of imide groups is 1. The number of pyridine rings is 1. The molecule has 1 aliphatic heterocycles. The topological polar surface area (TPSA) is 86.3 Å². The summed E-state index contributed by atoms with van der Waals surface area (Å²) in [5, 5.41) is 9.59. The quantitative estimate of drug-likeness (QED) is 0.647. The third-order valence-electron chi connectivity index (χ3n) is 4.50. The predicted molar refractivity (Wildman–Crippen MR) is 97.2 cm³/mol. The van der Waals surface area contributed by atoms with Gasteiger partial charge in [-0.25, -0.2) is 19.1 Å². The van der Waals surface area contributed by atoms with Crippen LogP contribution in [-0.4, -0.2) is 38.5 Å². The smallest absolute Gasteiger partial charge is 0.414 e. The molecule has 8 heteroatoms. The zero-order chi connectivity index (χ0) is 19.1. The van der Waals surface area contributed by atoms with Crippen LogP contribution in [-0.2, 0) is 6.42 Å². The number of fused-ring (bicyclic) bond motifs is 1. The number of carbonyl (C=O) groups excluding carboxylic acids is 1. The number of nitrogens with zero attached hydrogens (tertiary/aromatic N) is 2. The second-order valence-electron chi connectivity index (χ2n) is 6.09. The number of hydrogen-bond donors (Lipinski definition) is 2. The van der Waals surface area contributed by atoms with Crippen LogP contribution in [0.1, 0.15) is 16.1 Å². The van der Waals surface area contributed by atoms with Crippen LogP contribution in [0.15, 0.2) is 42.6 Å². The van der Waals surface area contributed by atoms with Gasteiger partial charge in [-0.15, -0.1) is 0 Å². The Morgan fingerprint density at radius 1 is 1.19 bits per heavy atom. The fourth-order valence-corrected chi connectivity index (χ4v) is 3.47. The number of nitrogens with one attached hydrogen (secondary N) is 1. The van der Waals surface area contributed by atoms with Crippen molar-refractivity contribution in [3.63, 3.8) is 0 Å². The summed E-state index contributed by atoms with van der Waals surface area (Å²) < 4.78 is 13.4. The fraction of sp³-hybridized carbons (Fsp3) is 0.105. The van der Waals surface area contributed by atoms with Gasteiger partial charge in [0.15, 0.2) is 0 Å². The minimum atomic E-state index is -1.30. The SMILES string of the molecule is O=C(O)N1CCc2[nH]c(-c3ccnc(Cl)c3)c(-c3ccc(F)cc3)c2C1=O. The Hall–Kier alpha value is -3.19. The van der Waals surface area contributed by atoms with E-state index in [4.69, 9.17) is 11.6 Å². The van der Waals surface area contributed by atoms with Crippen LogP contribution in [0, 0.1) is 5.82 Å². The van der Waals surface area contributed by atoms with Crippen LogP contribution in [0.5, 0.6) is 0 Å². The largest absolute Gasteiger partial charge is 0.465 e. The first-order chi connectivity index (χ1) is 13.0. The third kappa shape index (κ3) is 2.96. The minimum Gasteiger partial charge on any atom is -0.465 e. The highest BCUT2D eigenvalue weighted by molar-refractivity contribution is 6.29. The standard InChI is InChI=1S/C19H13ClFN3O3/c20-14-9-11(5-7-22-14)17-15(10-1-3-12(21)4-2-10)16-13(23-17)6-8-24(18(16)25)19(26)27/h1-5,7,9,23H,6,8H2,(H,26,27). The molecule has 0 saturated carbocycles. The number of aromatic amines is 1. The molecule has 1 aromatic carbocycles. The number of halogens is 2. The molecular formula is C19H13ClFN3O3. The Morgan fingerprint density at radius 3 is 2.59 bits per heavy atom. The maximum absolute atomic E-state index is 13.4. The van der Waals surface area contributed by atoms with Crippen molar-refractivity contribution >= 4 is 23.6 Å². The van der Waals surface area contributed by atoms with Crippen molar-refractivity contribution in [1.82, 2.24) is 14.9 Å². The molecule has 0 bridgehead atoms. The summed E-state index contributed by atoms with van der Waals surface area (Å²) in [6.45, 7) is 0.0705. The summed E-state index contributed by atoms with van der Waals surface area (Å²) in [5.74, 6) is -1.01. The van der Waals surface area contributed by atoms with E-state index in [1.54, 1.807) is 24.3 Å². The Labute approximate surface area is 158 Å². The summed E-state index contributed by atoms with van der Waals surface area (Å²) in [6, 6.07) is 9.07. The second-order valence-corrected chi connectivity index (χ2v) is 6.48. The van der Waals surface area contributed by atoms with Gasteiger partial charge in [0.05, 0.1) is 11.3 Å². The lowest BCUT2D eigenvalue weighted by Gasteiger charge is -2.23. The number of carbonyl (C=O) groups is 2. The number of rotatable bonds is 2. The molecule has 2 N–H and O–H groups in total. The Balaban J connectivity index is 1.98. The molecule has 0 fully saturated rings. The van der Waals surface area contributed by atoms with Crippen molar-refractivity contribution in [3.05, 3.63) is 64.8 Å². The van der Waals surface area contributed by atoms with E-state index in [0.29, 0.717) is 34.5 Å². The Kier molecular flexibility index (Phi) is 4.16. The monoisotopic (exact) mass is 385 g/mol. The molecule has 2 amide bonds. The molecule has 6 nitrogen and oxygen atoms in total. The highest BCUT2D eigenvalue weighted by atomic mass is 35.5. The number of amides is 2. The van der Waals surface area contributed by atoms with Crippen LogP contribution < -0.4 is 0 Å². The highest BCUT2D eigenvalue weighted by Crippen LogP contribution is 2.39. The first-order valence-electron chi connectivity index (χ1n) is 8.13. The average Bonchev–Trinajstić information content (AvgIpc) is 3.03. The van der Waals surface area contributed by atoms with Gasteiger partial charge in [-0.1, -0.05) is 23.7 Å². The van der Waals surface area contributed by atoms with E-state index in [0.717, 1.165) is 4.90 Å². The molecule has 1 aliphatic rings. The van der Waals surface area contributed by atoms with Crippen molar-refractivity contribution in [2.24, 2.45) is 0 Å². The molecule has 0 saturated heterocycles. The van der Waals surface area contributed by atoms with Gasteiger partial charge >= 0.3 is 6.09 Å². The highest BCUT2D eigenvalue weighted by Gasteiger charge is 2.34. The van der Waals surface area contributed by atoms with Crippen molar-refractivity contribution < 1.29 is 19.1 Å². The van der Waals surface area contributed by atoms with Crippen LogP contribution in [0.4, 0.5) is 9.18 Å². The number of hydrogen-bond acceptors (Lipinski definition) is 3. The molecule has 0 atom stereocenters. The van der Waals surface area contributed by atoms with Crippen LogP contribution in [0.3, 0.4) is 0 Å². The van der Waals surface area contributed by atoms with Gasteiger partial charge in [-0.3, -0.25) is 4.79 Å². The van der Waals surface area contributed by atoms with Crippen molar-refractivity contribution in [3.8, 4) is 22.4 Å². The van der Waals surface area contributed by atoms with E-state index < -0.39 is 17.8 Å². The number of benzene rings is 1.